The highest BCUT2D eigenvalue weighted by atomic mass is 16.5. The van der Waals surface area contributed by atoms with Crippen LogP contribution in [0.25, 0.3) is 0 Å². The van der Waals surface area contributed by atoms with Crippen LogP contribution in [-0.4, -0.2) is 23.6 Å². The van der Waals surface area contributed by atoms with Crippen LogP contribution in [0.2, 0.25) is 0 Å². The summed E-state index contributed by atoms with van der Waals surface area (Å²) in [6, 6.07) is 5.22. The van der Waals surface area contributed by atoms with Gasteiger partial charge in [0.05, 0.1) is 6.61 Å². The van der Waals surface area contributed by atoms with Crippen molar-refractivity contribution in [3.8, 4) is 5.75 Å². The molecule has 0 spiro atoms. The van der Waals surface area contributed by atoms with Gasteiger partial charge in [0.1, 0.15) is 5.75 Å². The van der Waals surface area contributed by atoms with Crippen LogP contribution in [0.15, 0.2) is 30.4 Å². The molecule has 0 saturated heterocycles. The third-order valence-electron chi connectivity index (χ3n) is 2.12. The number of carbonyl (C=O) groups is 2. The molecule has 1 aromatic carbocycles. The molecule has 1 rings (SSSR count). The van der Waals surface area contributed by atoms with Gasteiger partial charge in [-0.3, -0.25) is 4.79 Å². The van der Waals surface area contributed by atoms with Crippen molar-refractivity contribution in [1.82, 2.24) is 0 Å². The number of anilines is 1. The Labute approximate surface area is 105 Å². The number of rotatable bonds is 5. The van der Waals surface area contributed by atoms with Crippen LogP contribution >= 0.6 is 0 Å². The summed E-state index contributed by atoms with van der Waals surface area (Å²) >= 11 is 0. The van der Waals surface area contributed by atoms with E-state index in [2.05, 4.69) is 5.32 Å². The Balaban J connectivity index is 2.71. The van der Waals surface area contributed by atoms with Crippen LogP contribution in [0.5, 0.6) is 5.75 Å². The molecule has 0 bridgehead atoms. The van der Waals surface area contributed by atoms with E-state index in [9.17, 15) is 9.59 Å². The zero-order chi connectivity index (χ0) is 13.5. The minimum atomic E-state index is -1.16. The number of nitrogens with one attached hydrogen (secondary N) is 1. The average molecular weight is 249 g/mol. The maximum absolute atomic E-state index is 11.3. The molecular formula is C13H15NO4. The summed E-state index contributed by atoms with van der Waals surface area (Å²) in [4.78, 5) is 21.6. The van der Waals surface area contributed by atoms with Gasteiger partial charge in [-0.05, 0) is 37.6 Å². The van der Waals surface area contributed by atoms with Crippen molar-refractivity contribution in [2.45, 2.75) is 13.8 Å². The Morgan fingerprint density at radius 2 is 2.11 bits per heavy atom. The largest absolute Gasteiger partial charge is 0.494 e. The van der Waals surface area contributed by atoms with Gasteiger partial charge in [-0.1, -0.05) is 0 Å². The molecule has 0 atom stereocenters. The number of benzene rings is 1. The molecule has 2 N–H and O–H groups in total. The molecule has 0 heterocycles. The smallest absolute Gasteiger partial charge is 0.328 e. The van der Waals surface area contributed by atoms with E-state index in [4.69, 9.17) is 9.84 Å². The van der Waals surface area contributed by atoms with E-state index in [1.54, 1.807) is 18.2 Å². The first-order chi connectivity index (χ1) is 8.52. The van der Waals surface area contributed by atoms with Crippen LogP contribution in [0.4, 0.5) is 5.69 Å². The predicted molar refractivity (Wildman–Crippen MR) is 67.8 cm³/mol. The van der Waals surface area contributed by atoms with Gasteiger partial charge in [-0.15, -0.1) is 0 Å². The van der Waals surface area contributed by atoms with Gasteiger partial charge in [-0.2, -0.15) is 0 Å². The molecule has 1 amide bonds. The third kappa shape index (κ3) is 4.29. The lowest BCUT2D eigenvalue weighted by Gasteiger charge is -2.09. The Morgan fingerprint density at radius 3 is 2.67 bits per heavy atom. The Hall–Kier alpha value is -2.30. The highest BCUT2D eigenvalue weighted by Gasteiger charge is 2.03. The van der Waals surface area contributed by atoms with Crippen molar-refractivity contribution in [3.63, 3.8) is 0 Å². The zero-order valence-corrected chi connectivity index (χ0v) is 10.3. The molecule has 0 radical (unpaired) electrons. The molecule has 0 saturated carbocycles. The maximum atomic E-state index is 11.3. The number of ether oxygens (including phenoxy) is 1. The SMILES string of the molecule is CCOc1ccc(NC(=O)/C=C/C(=O)O)cc1C. The first-order valence-electron chi connectivity index (χ1n) is 5.48. The summed E-state index contributed by atoms with van der Waals surface area (Å²) in [6.07, 6.45) is 1.75. The van der Waals surface area contributed by atoms with Gasteiger partial charge in [-0.25, -0.2) is 4.79 Å². The van der Waals surface area contributed by atoms with Gasteiger partial charge < -0.3 is 15.2 Å². The molecular weight excluding hydrogens is 234 g/mol. The van der Waals surface area contributed by atoms with Crippen LogP contribution < -0.4 is 10.1 Å². The summed E-state index contributed by atoms with van der Waals surface area (Å²) in [5, 5.41) is 10.9. The summed E-state index contributed by atoms with van der Waals surface area (Å²) in [6.45, 7) is 4.34. The number of carboxylic acids is 1. The number of carboxylic acid groups (broad SMARTS) is 1. The van der Waals surface area contributed by atoms with E-state index in [0.29, 0.717) is 12.3 Å². The van der Waals surface area contributed by atoms with E-state index in [0.717, 1.165) is 23.5 Å². The normalized spacial score (nSPS) is 10.3. The highest BCUT2D eigenvalue weighted by Crippen LogP contribution is 2.21. The number of hydrogen-bond donors (Lipinski definition) is 2. The molecule has 0 unspecified atom stereocenters. The minimum Gasteiger partial charge on any atom is -0.494 e. The molecule has 96 valence electrons. The second-order valence-corrected chi connectivity index (χ2v) is 3.57. The van der Waals surface area contributed by atoms with Crippen LogP contribution in [0, 0.1) is 6.92 Å². The van der Waals surface area contributed by atoms with Gasteiger partial charge >= 0.3 is 5.97 Å². The van der Waals surface area contributed by atoms with Crippen molar-refractivity contribution < 1.29 is 19.4 Å². The van der Waals surface area contributed by atoms with Gasteiger partial charge in [0.25, 0.3) is 0 Å². The Bertz CT molecular complexity index is 480. The molecule has 0 fully saturated rings. The second kappa shape index (κ2) is 6.44. The molecule has 5 nitrogen and oxygen atoms in total. The summed E-state index contributed by atoms with van der Waals surface area (Å²) in [7, 11) is 0. The Morgan fingerprint density at radius 1 is 1.39 bits per heavy atom. The molecule has 0 aliphatic heterocycles. The number of amides is 1. The molecule has 0 aromatic heterocycles. The van der Waals surface area contributed by atoms with Crippen LogP contribution in [-0.2, 0) is 9.59 Å². The standard InChI is InChI=1S/C13H15NO4/c1-3-18-11-5-4-10(8-9(11)2)14-12(15)6-7-13(16)17/h4-8H,3H2,1-2H3,(H,14,15)(H,16,17)/b7-6+. The Kier molecular flexibility index (Phi) is 4.92. The average Bonchev–Trinajstić information content (AvgIpc) is 2.30. The molecule has 0 aliphatic rings. The number of hydrogen-bond acceptors (Lipinski definition) is 3. The number of aliphatic carboxylic acids is 1. The lowest BCUT2D eigenvalue weighted by atomic mass is 10.2. The fraction of sp³-hybridized carbons (Fsp3) is 0.231. The van der Waals surface area contributed by atoms with Crippen molar-refractivity contribution in [2.24, 2.45) is 0 Å². The van der Waals surface area contributed by atoms with Gasteiger partial charge in [0.2, 0.25) is 5.91 Å². The topological polar surface area (TPSA) is 75.6 Å². The van der Waals surface area contributed by atoms with Gasteiger partial charge in [0, 0.05) is 17.8 Å². The van der Waals surface area contributed by atoms with Crippen molar-refractivity contribution >= 4 is 17.6 Å². The summed E-state index contributed by atoms with van der Waals surface area (Å²) < 4.78 is 5.37. The fourth-order valence-electron chi connectivity index (χ4n) is 1.38. The van der Waals surface area contributed by atoms with Crippen molar-refractivity contribution in [1.29, 1.82) is 0 Å². The number of carbonyl (C=O) groups excluding carboxylic acids is 1. The van der Waals surface area contributed by atoms with Crippen LogP contribution in [0.3, 0.4) is 0 Å². The highest BCUT2D eigenvalue weighted by molar-refractivity contribution is 6.02. The molecule has 0 aliphatic carbocycles. The number of aryl methyl sites for hydroxylation is 1. The summed E-state index contributed by atoms with van der Waals surface area (Å²) in [5.41, 5.74) is 1.49. The first-order valence-corrected chi connectivity index (χ1v) is 5.48. The van der Waals surface area contributed by atoms with E-state index < -0.39 is 11.9 Å². The first kappa shape index (κ1) is 13.8. The molecule has 5 heteroatoms. The minimum absolute atomic E-state index is 0.485. The van der Waals surface area contributed by atoms with Crippen LogP contribution in [0.1, 0.15) is 12.5 Å². The monoisotopic (exact) mass is 249 g/mol. The van der Waals surface area contributed by atoms with E-state index in [-0.39, 0.29) is 0 Å². The van der Waals surface area contributed by atoms with E-state index >= 15 is 0 Å². The lowest BCUT2D eigenvalue weighted by Crippen LogP contribution is -2.09. The summed E-state index contributed by atoms with van der Waals surface area (Å²) in [5.74, 6) is -0.884. The van der Waals surface area contributed by atoms with E-state index in [1.165, 1.54) is 0 Å². The van der Waals surface area contributed by atoms with Crippen molar-refractivity contribution in [3.05, 3.63) is 35.9 Å². The fourth-order valence-corrected chi connectivity index (χ4v) is 1.38. The third-order valence-corrected chi connectivity index (χ3v) is 2.12. The predicted octanol–water partition coefficient (Wildman–Crippen LogP) is 1.97. The van der Waals surface area contributed by atoms with E-state index in [1.807, 2.05) is 13.8 Å². The molecule has 18 heavy (non-hydrogen) atoms. The lowest BCUT2D eigenvalue weighted by molar-refractivity contribution is -0.131. The quantitative estimate of drug-likeness (QED) is 0.782. The second-order valence-electron chi connectivity index (χ2n) is 3.57. The zero-order valence-electron chi connectivity index (χ0n) is 10.3. The van der Waals surface area contributed by atoms with Gasteiger partial charge in [0.15, 0.2) is 0 Å². The molecule has 1 aromatic rings. The van der Waals surface area contributed by atoms with Crippen molar-refractivity contribution in [2.75, 3.05) is 11.9 Å². The maximum Gasteiger partial charge on any atom is 0.328 e.